The SMILES string of the molecule is COCCCN1C(=O)C(=Cc2cn(-c3ccccc3)nc2-c2cccc(OCC(C)C)c2C)SC1=S. The molecular weight excluding hydrogens is 490 g/mol. The molecule has 1 fully saturated rings. The number of methoxy groups -OCH3 is 1. The normalized spacial score (nSPS) is 14.9. The van der Waals surface area contributed by atoms with Crippen molar-refractivity contribution < 1.29 is 14.3 Å². The predicted molar refractivity (Wildman–Crippen MR) is 150 cm³/mol. The zero-order chi connectivity index (χ0) is 25.7. The van der Waals surface area contributed by atoms with E-state index in [1.165, 1.54) is 11.8 Å². The van der Waals surface area contributed by atoms with E-state index in [2.05, 4.69) is 13.8 Å². The molecule has 0 bridgehead atoms. The van der Waals surface area contributed by atoms with E-state index in [-0.39, 0.29) is 5.91 Å². The zero-order valence-corrected chi connectivity index (χ0v) is 22.7. The summed E-state index contributed by atoms with van der Waals surface area (Å²) in [5.74, 6) is 1.18. The molecule has 1 aliphatic rings. The Kier molecular flexibility index (Phi) is 8.61. The first-order chi connectivity index (χ1) is 17.4. The lowest BCUT2D eigenvalue weighted by atomic mass is 10.0. The number of rotatable bonds is 10. The maximum atomic E-state index is 13.2. The van der Waals surface area contributed by atoms with Crippen molar-refractivity contribution in [1.82, 2.24) is 14.7 Å². The molecule has 1 aromatic heterocycles. The van der Waals surface area contributed by atoms with Crippen molar-refractivity contribution >= 4 is 40.3 Å². The van der Waals surface area contributed by atoms with Crippen molar-refractivity contribution in [1.29, 1.82) is 0 Å². The second-order valence-electron chi connectivity index (χ2n) is 9.03. The molecule has 1 amide bonds. The fourth-order valence-electron chi connectivity index (χ4n) is 3.90. The van der Waals surface area contributed by atoms with Gasteiger partial charge in [-0.2, -0.15) is 5.10 Å². The minimum atomic E-state index is -0.0785. The highest BCUT2D eigenvalue weighted by molar-refractivity contribution is 8.26. The smallest absolute Gasteiger partial charge is 0.266 e. The topological polar surface area (TPSA) is 56.6 Å². The molecule has 1 aliphatic heterocycles. The van der Waals surface area contributed by atoms with E-state index in [1.807, 2.05) is 72.4 Å². The number of nitrogens with zero attached hydrogens (tertiary/aromatic N) is 3. The summed E-state index contributed by atoms with van der Waals surface area (Å²) in [5, 5.41) is 4.95. The molecule has 36 heavy (non-hydrogen) atoms. The van der Waals surface area contributed by atoms with Crippen molar-refractivity contribution in [2.75, 3.05) is 26.9 Å². The number of benzene rings is 2. The molecule has 0 unspecified atom stereocenters. The molecule has 0 atom stereocenters. The lowest BCUT2D eigenvalue weighted by Gasteiger charge is -2.14. The first-order valence-corrected chi connectivity index (χ1v) is 13.2. The predicted octanol–water partition coefficient (Wildman–Crippen LogP) is 6.12. The standard InChI is InChI=1S/C28H31N3O3S2/c1-19(2)18-34-24-13-8-12-23(20(24)3)26-21(17-31(29-26)22-10-6-5-7-11-22)16-25-27(32)30(28(35)36-25)14-9-15-33-4/h5-8,10-13,16-17,19H,9,14-15,18H2,1-4H3. The Hall–Kier alpha value is -2.94. The van der Waals surface area contributed by atoms with E-state index in [1.54, 1.807) is 12.0 Å². The van der Waals surface area contributed by atoms with E-state index in [9.17, 15) is 4.79 Å². The number of aromatic nitrogens is 2. The lowest BCUT2D eigenvalue weighted by molar-refractivity contribution is -0.122. The highest BCUT2D eigenvalue weighted by Crippen LogP contribution is 2.37. The zero-order valence-electron chi connectivity index (χ0n) is 21.1. The van der Waals surface area contributed by atoms with Crippen LogP contribution in [-0.4, -0.2) is 51.8 Å². The van der Waals surface area contributed by atoms with E-state index < -0.39 is 0 Å². The minimum absolute atomic E-state index is 0.0785. The van der Waals surface area contributed by atoms with Crippen molar-refractivity contribution in [2.45, 2.75) is 27.2 Å². The number of ether oxygens (including phenoxy) is 2. The molecule has 0 aliphatic carbocycles. The van der Waals surface area contributed by atoms with E-state index >= 15 is 0 Å². The fraction of sp³-hybridized carbons (Fsp3) is 0.321. The summed E-state index contributed by atoms with van der Waals surface area (Å²) in [6.45, 7) is 8.07. The third kappa shape index (κ3) is 5.88. The van der Waals surface area contributed by atoms with Gasteiger partial charge in [0.05, 0.1) is 17.2 Å². The number of thioether (sulfide) groups is 1. The number of carbonyl (C=O) groups excluding carboxylic acids is 1. The van der Waals surface area contributed by atoms with Crippen molar-refractivity contribution in [3.05, 3.63) is 70.8 Å². The van der Waals surface area contributed by atoms with Gasteiger partial charge in [0.1, 0.15) is 15.8 Å². The van der Waals surface area contributed by atoms with Gasteiger partial charge >= 0.3 is 0 Å². The van der Waals surface area contributed by atoms with Crippen LogP contribution in [-0.2, 0) is 9.53 Å². The Bertz CT molecular complexity index is 1270. The number of hydrogen-bond donors (Lipinski definition) is 0. The summed E-state index contributed by atoms with van der Waals surface area (Å²) < 4.78 is 13.6. The highest BCUT2D eigenvalue weighted by Gasteiger charge is 2.32. The molecule has 0 spiro atoms. The van der Waals surface area contributed by atoms with Crippen LogP contribution in [0, 0.1) is 12.8 Å². The van der Waals surface area contributed by atoms with Crippen LogP contribution in [0.2, 0.25) is 0 Å². The van der Waals surface area contributed by atoms with Gasteiger partial charge < -0.3 is 9.47 Å². The molecule has 0 radical (unpaired) electrons. The summed E-state index contributed by atoms with van der Waals surface area (Å²) in [4.78, 5) is 15.4. The second-order valence-corrected chi connectivity index (χ2v) is 10.7. The van der Waals surface area contributed by atoms with Crippen LogP contribution in [0.25, 0.3) is 23.0 Å². The number of hydrogen-bond acceptors (Lipinski definition) is 6. The van der Waals surface area contributed by atoms with E-state index in [0.717, 1.165) is 40.2 Å². The van der Waals surface area contributed by atoms with Crippen LogP contribution in [0.4, 0.5) is 0 Å². The molecule has 1 saturated heterocycles. The van der Waals surface area contributed by atoms with Crippen LogP contribution in [0.1, 0.15) is 31.4 Å². The Morgan fingerprint density at radius 3 is 2.64 bits per heavy atom. The summed E-state index contributed by atoms with van der Waals surface area (Å²) in [6.07, 6.45) is 4.59. The first-order valence-electron chi connectivity index (χ1n) is 12.0. The largest absolute Gasteiger partial charge is 0.493 e. The summed E-state index contributed by atoms with van der Waals surface area (Å²) >= 11 is 6.83. The van der Waals surface area contributed by atoms with Gasteiger partial charge in [-0.3, -0.25) is 9.69 Å². The molecule has 6 nitrogen and oxygen atoms in total. The number of carbonyl (C=O) groups is 1. The molecule has 2 heterocycles. The van der Waals surface area contributed by atoms with E-state index in [4.69, 9.17) is 26.8 Å². The minimum Gasteiger partial charge on any atom is -0.493 e. The van der Waals surface area contributed by atoms with Crippen molar-refractivity contribution in [3.8, 4) is 22.7 Å². The van der Waals surface area contributed by atoms with Crippen LogP contribution >= 0.6 is 24.0 Å². The van der Waals surface area contributed by atoms with Gasteiger partial charge in [-0.05, 0) is 43.5 Å². The molecule has 3 aromatic rings. The van der Waals surface area contributed by atoms with Crippen LogP contribution in [0.3, 0.4) is 0 Å². The summed E-state index contributed by atoms with van der Waals surface area (Å²) in [7, 11) is 1.65. The Morgan fingerprint density at radius 1 is 1.14 bits per heavy atom. The molecule has 188 valence electrons. The molecule has 0 saturated carbocycles. The van der Waals surface area contributed by atoms with Crippen molar-refractivity contribution in [2.24, 2.45) is 5.92 Å². The fourth-order valence-corrected chi connectivity index (χ4v) is 5.20. The second kappa shape index (κ2) is 11.9. The lowest BCUT2D eigenvalue weighted by Crippen LogP contribution is -2.29. The van der Waals surface area contributed by atoms with Gasteiger partial charge in [0.2, 0.25) is 0 Å². The number of thiocarbonyl (C=S) groups is 1. The Balaban J connectivity index is 1.75. The Labute approximate surface area is 222 Å². The molecular formula is C28H31N3O3S2. The third-order valence-corrected chi connectivity index (χ3v) is 7.14. The van der Waals surface area contributed by atoms with Gasteiger partial charge in [0.15, 0.2) is 0 Å². The average Bonchev–Trinajstić information content (AvgIpc) is 3.40. The quantitative estimate of drug-likeness (QED) is 0.182. The van der Waals surface area contributed by atoms with Gasteiger partial charge in [0, 0.05) is 43.1 Å². The van der Waals surface area contributed by atoms with Crippen LogP contribution < -0.4 is 4.74 Å². The monoisotopic (exact) mass is 521 g/mol. The summed E-state index contributed by atoms with van der Waals surface area (Å²) in [5.41, 5.74) is 4.55. The van der Waals surface area contributed by atoms with E-state index in [0.29, 0.717) is 34.9 Å². The van der Waals surface area contributed by atoms with Gasteiger partial charge in [-0.15, -0.1) is 0 Å². The molecule has 2 aromatic carbocycles. The number of para-hydroxylation sites is 1. The van der Waals surface area contributed by atoms with Crippen LogP contribution in [0.15, 0.2) is 59.6 Å². The van der Waals surface area contributed by atoms with Crippen molar-refractivity contribution in [3.63, 3.8) is 0 Å². The van der Waals surface area contributed by atoms with Gasteiger partial charge in [-0.25, -0.2) is 4.68 Å². The van der Waals surface area contributed by atoms with Crippen LogP contribution in [0.5, 0.6) is 5.75 Å². The highest BCUT2D eigenvalue weighted by atomic mass is 32.2. The summed E-state index contributed by atoms with van der Waals surface area (Å²) in [6, 6.07) is 16.0. The first kappa shape index (κ1) is 26.1. The molecule has 8 heteroatoms. The average molecular weight is 522 g/mol. The number of amides is 1. The maximum absolute atomic E-state index is 13.2. The maximum Gasteiger partial charge on any atom is 0.266 e. The molecule has 0 N–H and O–H groups in total. The van der Waals surface area contributed by atoms with Gasteiger partial charge in [0.25, 0.3) is 5.91 Å². The molecule has 4 rings (SSSR count). The Morgan fingerprint density at radius 2 is 1.92 bits per heavy atom. The third-order valence-electron chi connectivity index (χ3n) is 5.77. The van der Waals surface area contributed by atoms with Gasteiger partial charge in [-0.1, -0.05) is 68.2 Å².